The first kappa shape index (κ1) is 31.4. The third-order valence-corrected chi connectivity index (χ3v) is 7.48. The normalized spacial score (nSPS) is 41.2. The zero-order valence-corrected chi connectivity index (χ0v) is 23.4. The second-order valence-corrected chi connectivity index (χ2v) is 10.9. The molecule has 2 aliphatic rings. The van der Waals surface area contributed by atoms with Gasteiger partial charge in [0.15, 0.2) is 12.1 Å². The van der Waals surface area contributed by atoms with Gasteiger partial charge in [-0.25, -0.2) is 4.79 Å². The number of ether oxygens (including phenoxy) is 3. The number of hydrogen-bond donors (Lipinski definition) is 2. The van der Waals surface area contributed by atoms with Gasteiger partial charge in [0, 0.05) is 29.9 Å². The van der Waals surface area contributed by atoms with Crippen molar-refractivity contribution in [2.24, 2.45) is 23.7 Å². The maximum Gasteiger partial charge on any atom is 0.330 e. The van der Waals surface area contributed by atoms with Gasteiger partial charge in [-0.1, -0.05) is 52.0 Å². The Labute approximate surface area is 222 Å². The molecule has 210 valence electrons. The summed E-state index contributed by atoms with van der Waals surface area (Å²) in [5.74, 6) is -1.41. The SMILES string of the molecule is CC[C@H]1OC(=O)/C=C\[C@H](C)[C@H](O[C@H]2O[C@@H](C)C[C@@H](N(C)C)[C@@H]2O)[C@H](C)C[C@H](C)C(=O)/C=C\C=C/[C@H]1CO. The summed E-state index contributed by atoms with van der Waals surface area (Å²) in [6, 6.07) is -0.111. The summed E-state index contributed by atoms with van der Waals surface area (Å²) in [6.07, 6.45) is 8.95. The smallest absolute Gasteiger partial charge is 0.330 e. The molecule has 1 fully saturated rings. The van der Waals surface area contributed by atoms with Crippen LogP contribution in [0, 0.1) is 23.7 Å². The Kier molecular flexibility index (Phi) is 12.7. The summed E-state index contributed by atoms with van der Waals surface area (Å²) in [6.45, 7) is 9.54. The van der Waals surface area contributed by atoms with Crippen LogP contribution in [0.4, 0.5) is 0 Å². The Hall–Kier alpha value is -1.84. The Morgan fingerprint density at radius 1 is 1.05 bits per heavy atom. The highest BCUT2D eigenvalue weighted by atomic mass is 16.7. The first-order valence-corrected chi connectivity index (χ1v) is 13.5. The van der Waals surface area contributed by atoms with Crippen LogP contribution in [0.3, 0.4) is 0 Å². The van der Waals surface area contributed by atoms with E-state index in [1.807, 2.05) is 53.6 Å². The minimum absolute atomic E-state index is 0.000183. The van der Waals surface area contributed by atoms with E-state index in [-0.39, 0.29) is 48.2 Å². The van der Waals surface area contributed by atoms with Crippen molar-refractivity contribution in [1.29, 1.82) is 0 Å². The topological polar surface area (TPSA) is 106 Å². The highest BCUT2D eigenvalue weighted by molar-refractivity contribution is 5.91. The lowest BCUT2D eigenvalue weighted by atomic mass is 9.84. The molecule has 0 aromatic rings. The molecule has 2 heterocycles. The molecule has 8 heteroatoms. The molecular weight excluding hydrogens is 474 g/mol. The number of nitrogens with zero attached hydrogens (tertiary/aromatic N) is 1. The molecule has 2 rings (SSSR count). The van der Waals surface area contributed by atoms with E-state index in [9.17, 15) is 19.8 Å². The summed E-state index contributed by atoms with van der Waals surface area (Å²) < 4.78 is 18.1. The second-order valence-electron chi connectivity index (χ2n) is 10.9. The van der Waals surface area contributed by atoms with Crippen LogP contribution in [0.25, 0.3) is 0 Å². The third-order valence-electron chi connectivity index (χ3n) is 7.48. The lowest BCUT2D eigenvalue weighted by molar-refractivity contribution is -0.277. The number of carbonyl (C=O) groups is 2. The van der Waals surface area contributed by atoms with Crippen LogP contribution >= 0.6 is 0 Å². The minimum Gasteiger partial charge on any atom is -0.459 e. The van der Waals surface area contributed by atoms with Gasteiger partial charge in [0.25, 0.3) is 0 Å². The molecule has 1 saturated heterocycles. The highest BCUT2D eigenvalue weighted by Gasteiger charge is 2.40. The van der Waals surface area contributed by atoms with Crippen LogP contribution in [-0.2, 0) is 23.8 Å². The highest BCUT2D eigenvalue weighted by Crippen LogP contribution is 2.31. The average Bonchev–Trinajstić information content (AvgIpc) is 2.85. The van der Waals surface area contributed by atoms with Crippen LogP contribution in [0.15, 0.2) is 36.5 Å². The number of carbonyl (C=O) groups excluding carboxylic acids is 2. The first-order valence-electron chi connectivity index (χ1n) is 13.5. The fourth-order valence-electron chi connectivity index (χ4n) is 5.22. The van der Waals surface area contributed by atoms with E-state index >= 15 is 0 Å². The number of aliphatic hydroxyl groups excluding tert-OH is 2. The van der Waals surface area contributed by atoms with E-state index in [4.69, 9.17) is 14.2 Å². The molecule has 0 aliphatic carbocycles. The van der Waals surface area contributed by atoms with Crippen molar-refractivity contribution < 1.29 is 34.0 Å². The average molecular weight is 522 g/mol. The van der Waals surface area contributed by atoms with Crippen molar-refractivity contribution in [2.45, 2.75) is 90.6 Å². The second kappa shape index (κ2) is 14.9. The molecule has 0 bridgehead atoms. The van der Waals surface area contributed by atoms with Gasteiger partial charge in [0.2, 0.25) is 0 Å². The maximum atomic E-state index is 12.8. The number of esters is 1. The Balaban J connectivity index is 2.35. The number of allylic oxidation sites excluding steroid dienone is 3. The molecule has 0 radical (unpaired) electrons. The van der Waals surface area contributed by atoms with Gasteiger partial charge in [-0.3, -0.25) is 4.79 Å². The molecule has 2 N–H and O–H groups in total. The predicted molar refractivity (Wildman–Crippen MR) is 143 cm³/mol. The van der Waals surface area contributed by atoms with Gasteiger partial charge in [-0.15, -0.1) is 0 Å². The standard InChI is InChI=1S/C29H47NO7/c1-8-25-22(17-31)11-9-10-12-24(32)19(3)15-20(4)28(18(2)13-14-26(33)36-25)37-29-27(34)23(30(6)7)16-21(5)35-29/h9-14,18-23,25,27-29,31,34H,8,15-17H2,1-7H3/b11-9-,12-10-,14-13-/t18-,19-,20+,21-,22-,23+,25+,27-,28-,29+/m0/s1. The van der Waals surface area contributed by atoms with Gasteiger partial charge >= 0.3 is 5.97 Å². The fraction of sp³-hybridized carbons (Fsp3) is 0.724. The van der Waals surface area contributed by atoms with Gasteiger partial charge < -0.3 is 29.3 Å². The zero-order valence-electron chi connectivity index (χ0n) is 23.4. The monoisotopic (exact) mass is 521 g/mol. The van der Waals surface area contributed by atoms with Crippen molar-refractivity contribution in [2.75, 3.05) is 20.7 Å². The van der Waals surface area contributed by atoms with Crippen LogP contribution in [0.1, 0.15) is 53.9 Å². The molecule has 0 aromatic carbocycles. The summed E-state index contributed by atoms with van der Waals surface area (Å²) in [5, 5.41) is 20.8. The van der Waals surface area contributed by atoms with E-state index in [2.05, 4.69) is 0 Å². The van der Waals surface area contributed by atoms with Crippen molar-refractivity contribution in [1.82, 2.24) is 4.90 Å². The lowest BCUT2D eigenvalue weighted by Gasteiger charge is -2.43. The molecule has 0 spiro atoms. The van der Waals surface area contributed by atoms with Crippen molar-refractivity contribution in [3.63, 3.8) is 0 Å². The molecule has 37 heavy (non-hydrogen) atoms. The summed E-state index contributed by atoms with van der Waals surface area (Å²) in [4.78, 5) is 27.4. The number of likely N-dealkylation sites (N-methyl/N-ethyl adjacent to an activating group) is 1. The van der Waals surface area contributed by atoms with E-state index in [0.717, 1.165) is 0 Å². The van der Waals surface area contributed by atoms with Gasteiger partial charge in [-0.05, 0) is 52.3 Å². The zero-order chi connectivity index (χ0) is 27.7. The van der Waals surface area contributed by atoms with Crippen molar-refractivity contribution in [3.8, 4) is 0 Å². The predicted octanol–water partition coefficient (Wildman–Crippen LogP) is 3.28. The number of cyclic esters (lactones) is 1. The maximum absolute atomic E-state index is 12.8. The third kappa shape index (κ3) is 9.14. The van der Waals surface area contributed by atoms with Crippen molar-refractivity contribution >= 4 is 11.8 Å². The van der Waals surface area contributed by atoms with Gasteiger partial charge in [0.05, 0.1) is 18.8 Å². The van der Waals surface area contributed by atoms with E-state index in [1.165, 1.54) is 12.2 Å². The molecule has 0 saturated carbocycles. The van der Waals surface area contributed by atoms with Gasteiger partial charge in [-0.2, -0.15) is 0 Å². The molecule has 0 aromatic heterocycles. The van der Waals surface area contributed by atoms with E-state index in [0.29, 0.717) is 19.3 Å². The number of aliphatic hydroxyl groups is 2. The van der Waals surface area contributed by atoms with Crippen LogP contribution in [0.5, 0.6) is 0 Å². The summed E-state index contributed by atoms with van der Waals surface area (Å²) in [5.41, 5.74) is 0. The largest absolute Gasteiger partial charge is 0.459 e. The van der Waals surface area contributed by atoms with E-state index < -0.39 is 30.6 Å². The Morgan fingerprint density at radius 2 is 1.76 bits per heavy atom. The van der Waals surface area contributed by atoms with Crippen LogP contribution in [-0.4, -0.2) is 84.3 Å². The number of ketones is 1. The fourth-order valence-corrected chi connectivity index (χ4v) is 5.22. The molecule has 0 amide bonds. The van der Waals surface area contributed by atoms with Crippen molar-refractivity contribution in [3.05, 3.63) is 36.5 Å². The Morgan fingerprint density at radius 3 is 2.38 bits per heavy atom. The van der Waals surface area contributed by atoms with Crippen LogP contribution < -0.4 is 0 Å². The van der Waals surface area contributed by atoms with Gasteiger partial charge in [0.1, 0.15) is 12.2 Å². The van der Waals surface area contributed by atoms with Crippen LogP contribution in [0.2, 0.25) is 0 Å². The first-order chi connectivity index (χ1) is 17.5. The molecule has 2 aliphatic heterocycles. The quantitative estimate of drug-likeness (QED) is 0.531. The molecular formula is C29H47NO7. The molecule has 0 unspecified atom stereocenters. The van der Waals surface area contributed by atoms with E-state index in [1.54, 1.807) is 24.3 Å². The lowest BCUT2D eigenvalue weighted by Crippen LogP contribution is -2.55. The number of rotatable bonds is 5. The summed E-state index contributed by atoms with van der Waals surface area (Å²) in [7, 11) is 3.85. The molecule has 8 nitrogen and oxygen atoms in total. The molecule has 10 atom stereocenters. The number of hydrogen-bond acceptors (Lipinski definition) is 8. The Bertz CT molecular complexity index is 823. The summed E-state index contributed by atoms with van der Waals surface area (Å²) >= 11 is 0. The minimum atomic E-state index is -0.839.